The summed E-state index contributed by atoms with van der Waals surface area (Å²) in [4.78, 5) is 16.8. The molecular formula is C15H23N5O. The molecule has 2 rings (SSSR count). The van der Waals surface area contributed by atoms with E-state index in [1.54, 1.807) is 0 Å². The van der Waals surface area contributed by atoms with E-state index in [4.69, 9.17) is 0 Å². The summed E-state index contributed by atoms with van der Waals surface area (Å²) in [5.41, 5.74) is 0. The van der Waals surface area contributed by atoms with Crippen molar-refractivity contribution in [1.29, 1.82) is 0 Å². The quantitative estimate of drug-likeness (QED) is 0.858. The second-order valence-electron chi connectivity index (χ2n) is 5.96. The van der Waals surface area contributed by atoms with E-state index >= 15 is 0 Å². The number of amides is 1. The van der Waals surface area contributed by atoms with Crippen molar-refractivity contribution in [3.8, 4) is 0 Å². The molecule has 1 amide bonds. The monoisotopic (exact) mass is 289 g/mol. The number of aromatic nitrogens is 4. The third-order valence-corrected chi connectivity index (χ3v) is 3.27. The number of anilines is 1. The zero-order valence-corrected chi connectivity index (χ0v) is 13.0. The first-order valence-corrected chi connectivity index (χ1v) is 7.33. The van der Waals surface area contributed by atoms with E-state index in [0.29, 0.717) is 11.9 Å². The molecule has 0 saturated carbocycles. The Balaban J connectivity index is 2.10. The number of H-pyrrole nitrogens is 1. The molecule has 0 bridgehead atoms. The minimum absolute atomic E-state index is 0.0887. The summed E-state index contributed by atoms with van der Waals surface area (Å²) in [5.74, 6) is 1.69. The average molecular weight is 289 g/mol. The van der Waals surface area contributed by atoms with Crippen LogP contribution < -0.4 is 5.32 Å². The molecule has 0 fully saturated rings. The van der Waals surface area contributed by atoms with Crippen molar-refractivity contribution in [3.05, 3.63) is 30.4 Å². The van der Waals surface area contributed by atoms with Crippen LogP contribution in [0.5, 0.6) is 0 Å². The Labute approximate surface area is 125 Å². The number of rotatable bonds is 6. The normalized spacial score (nSPS) is 12.9. The van der Waals surface area contributed by atoms with Crippen molar-refractivity contribution < 1.29 is 4.79 Å². The second kappa shape index (κ2) is 6.56. The van der Waals surface area contributed by atoms with Crippen LogP contribution in [0.4, 0.5) is 5.95 Å². The first-order valence-electron chi connectivity index (χ1n) is 7.33. The van der Waals surface area contributed by atoms with Crippen molar-refractivity contribution >= 4 is 11.9 Å². The maximum atomic E-state index is 12.5. The third kappa shape index (κ3) is 3.93. The van der Waals surface area contributed by atoms with E-state index in [1.807, 2.05) is 42.9 Å². The number of nitrogens with one attached hydrogen (secondary N) is 2. The standard InChI is InChI=1S/C15H23N5O/c1-10(2)9-12(20-7-5-6-8-20)14(21)17-15-16-13(11(3)4)18-19-15/h5-8,10-12H,9H2,1-4H3,(H2,16,17,18,19,21)/t12-/m0/s1. The van der Waals surface area contributed by atoms with Gasteiger partial charge in [-0.05, 0) is 24.5 Å². The predicted octanol–water partition coefficient (Wildman–Crippen LogP) is 2.96. The van der Waals surface area contributed by atoms with Gasteiger partial charge in [-0.2, -0.15) is 4.98 Å². The molecule has 0 saturated heterocycles. The highest BCUT2D eigenvalue weighted by atomic mass is 16.2. The smallest absolute Gasteiger partial charge is 0.249 e. The lowest BCUT2D eigenvalue weighted by Gasteiger charge is -2.19. The molecule has 0 radical (unpaired) electrons. The lowest BCUT2D eigenvalue weighted by atomic mass is 10.0. The van der Waals surface area contributed by atoms with Gasteiger partial charge in [-0.3, -0.25) is 15.2 Å². The lowest BCUT2D eigenvalue weighted by Crippen LogP contribution is -2.27. The summed E-state index contributed by atoms with van der Waals surface area (Å²) in [5, 5.41) is 9.68. The van der Waals surface area contributed by atoms with Crippen LogP contribution in [0.1, 0.15) is 51.9 Å². The Morgan fingerprint density at radius 2 is 1.95 bits per heavy atom. The summed E-state index contributed by atoms with van der Waals surface area (Å²) in [6.45, 7) is 8.25. The maximum Gasteiger partial charge on any atom is 0.249 e. The van der Waals surface area contributed by atoms with Crippen LogP contribution >= 0.6 is 0 Å². The van der Waals surface area contributed by atoms with Crippen LogP contribution in [-0.4, -0.2) is 25.7 Å². The first kappa shape index (κ1) is 15.3. The van der Waals surface area contributed by atoms with Crippen LogP contribution in [0.3, 0.4) is 0 Å². The molecule has 114 valence electrons. The van der Waals surface area contributed by atoms with Crippen molar-refractivity contribution in [2.75, 3.05) is 5.32 Å². The molecular weight excluding hydrogens is 266 g/mol. The van der Waals surface area contributed by atoms with Gasteiger partial charge in [0, 0.05) is 18.3 Å². The van der Waals surface area contributed by atoms with Crippen LogP contribution in [-0.2, 0) is 4.79 Å². The Hall–Kier alpha value is -2.11. The van der Waals surface area contributed by atoms with Gasteiger partial charge in [-0.25, -0.2) is 0 Å². The van der Waals surface area contributed by atoms with E-state index in [0.717, 1.165) is 12.2 Å². The molecule has 0 aromatic carbocycles. The van der Waals surface area contributed by atoms with Crippen molar-refractivity contribution in [3.63, 3.8) is 0 Å². The van der Waals surface area contributed by atoms with Crippen molar-refractivity contribution in [2.24, 2.45) is 5.92 Å². The van der Waals surface area contributed by atoms with Crippen molar-refractivity contribution in [2.45, 2.75) is 46.1 Å². The second-order valence-corrected chi connectivity index (χ2v) is 5.96. The van der Waals surface area contributed by atoms with Crippen LogP contribution in [0, 0.1) is 5.92 Å². The van der Waals surface area contributed by atoms with Gasteiger partial charge in [0.2, 0.25) is 11.9 Å². The maximum absolute atomic E-state index is 12.5. The van der Waals surface area contributed by atoms with Gasteiger partial charge >= 0.3 is 0 Å². The van der Waals surface area contributed by atoms with Gasteiger partial charge < -0.3 is 4.57 Å². The third-order valence-electron chi connectivity index (χ3n) is 3.27. The van der Waals surface area contributed by atoms with Gasteiger partial charge in [-0.1, -0.05) is 27.7 Å². The summed E-state index contributed by atoms with van der Waals surface area (Å²) >= 11 is 0. The van der Waals surface area contributed by atoms with Gasteiger partial charge in [0.1, 0.15) is 11.9 Å². The van der Waals surface area contributed by atoms with Crippen LogP contribution in [0.2, 0.25) is 0 Å². The molecule has 2 aromatic heterocycles. The van der Waals surface area contributed by atoms with Gasteiger partial charge in [0.25, 0.3) is 0 Å². The molecule has 0 aliphatic rings. The Morgan fingerprint density at radius 3 is 2.48 bits per heavy atom. The average Bonchev–Trinajstić information content (AvgIpc) is 3.06. The number of carbonyl (C=O) groups is 1. The Morgan fingerprint density at radius 1 is 1.29 bits per heavy atom. The van der Waals surface area contributed by atoms with Crippen LogP contribution in [0.25, 0.3) is 0 Å². The molecule has 6 nitrogen and oxygen atoms in total. The lowest BCUT2D eigenvalue weighted by molar-refractivity contribution is -0.119. The predicted molar refractivity (Wildman–Crippen MR) is 82.0 cm³/mol. The number of carbonyl (C=O) groups excluding carboxylic acids is 1. The fourth-order valence-corrected chi connectivity index (χ4v) is 2.15. The summed E-state index contributed by atoms with van der Waals surface area (Å²) < 4.78 is 1.92. The fraction of sp³-hybridized carbons (Fsp3) is 0.533. The van der Waals surface area contributed by atoms with E-state index in [2.05, 4.69) is 34.3 Å². The van der Waals surface area contributed by atoms with Crippen molar-refractivity contribution in [1.82, 2.24) is 19.7 Å². The molecule has 1 atom stereocenters. The summed E-state index contributed by atoms with van der Waals surface area (Å²) in [6, 6.07) is 3.59. The Kier molecular flexibility index (Phi) is 4.77. The highest BCUT2D eigenvalue weighted by Crippen LogP contribution is 2.20. The fourth-order valence-electron chi connectivity index (χ4n) is 2.15. The molecule has 0 unspecified atom stereocenters. The van der Waals surface area contributed by atoms with Crippen LogP contribution in [0.15, 0.2) is 24.5 Å². The van der Waals surface area contributed by atoms with E-state index in [1.165, 1.54) is 0 Å². The molecule has 0 spiro atoms. The highest BCUT2D eigenvalue weighted by molar-refractivity contribution is 5.92. The molecule has 0 aliphatic carbocycles. The first-order chi connectivity index (χ1) is 9.97. The molecule has 0 aliphatic heterocycles. The minimum Gasteiger partial charge on any atom is -0.342 e. The molecule has 2 N–H and O–H groups in total. The van der Waals surface area contributed by atoms with Gasteiger partial charge in [0.05, 0.1) is 0 Å². The summed E-state index contributed by atoms with van der Waals surface area (Å²) in [6.07, 6.45) is 4.58. The van der Waals surface area contributed by atoms with Gasteiger partial charge in [-0.15, -0.1) is 5.10 Å². The molecule has 21 heavy (non-hydrogen) atoms. The summed E-state index contributed by atoms with van der Waals surface area (Å²) in [7, 11) is 0. The molecule has 2 heterocycles. The Bertz CT molecular complexity index is 571. The topological polar surface area (TPSA) is 75.6 Å². The largest absolute Gasteiger partial charge is 0.342 e. The number of nitrogens with zero attached hydrogens (tertiary/aromatic N) is 3. The molecule has 6 heteroatoms. The molecule has 2 aromatic rings. The number of hydrogen-bond donors (Lipinski definition) is 2. The van der Waals surface area contributed by atoms with E-state index < -0.39 is 0 Å². The number of aromatic amines is 1. The SMILES string of the molecule is CC(C)C[C@@H](C(=O)Nc1n[nH]c(C(C)C)n1)n1cccc1. The zero-order valence-electron chi connectivity index (χ0n) is 13.0. The minimum atomic E-state index is -0.249. The van der Waals surface area contributed by atoms with E-state index in [-0.39, 0.29) is 17.9 Å². The number of hydrogen-bond acceptors (Lipinski definition) is 3. The highest BCUT2D eigenvalue weighted by Gasteiger charge is 2.22. The zero-order chi connectivity index (χ0) is 15.4. The van der Waals surface area contributed by atoms with Gasteiger partial charge in [0.15, 0.2) is 0 Å². The van der Waals surface area contributed by atoms with E-state index in [9.17, 15) is 4.79 Å².